The van der Waals surface area contributed by atoms with Gasteiger partial charge in [-0.1, -0.05) is 12.8 Å². The van der Waals surface area contributed by atoms with E-state index in [1.165, 1.54) is 12.1 Å². The lowest BCUT2D eigenvalue weighted by Crippen LogP contribution is -2.30. The molecule has 6 nitrogen and oxygen atoms in total. The second kappa shape index (κ2) is 7.76. The predicted octanol–water partition coefficient (Wildman–Crippen LogP) is 2.24. The zero-order chi connectivity index (χ0) is 16.8. The number of primary amides is 1. The number of rotatable bonds is 6. The number of amides is 2. The van der Waals surface area contributed by atoms with Crippen LogP contribution in [-0.4, -0.2) is 23.9 Å². The molecule has 0 aromatic heterocycles. The summed E-state index contributed by atoms with van der Waals surface area (Å²) in [4.78, 5) is 34.8. The van der Waals surface area contributed by atoms with Gasteiger partial charge >= 0.3 is 5.97 Å². The van der Waals surface area contributed by atoms with Crippen LogP contribution in [0.1, 0.15) is 49.4 Å². The summed E-state index contributed by atoms with van der Waals surface area (Å²) in [5.41, 5.74) is 6.02. The Hall–Kier alpha value is -2.37. The Morgan fingerprint density at radius 1 is 1.22 bits per heavy atom. The van der Waals surface area contributed by atoms with E-state index in [0.717, 1.165) is 25.7 Å². The molecular formula is C17H22N2O4. The minimum atomic E-state index is -0.861. The minimum Gasteiger partial charge on any atom is -0.453 e. The normalized spacial score (nSPS) is 15.9. The van der Waals surface area contributed by atoms with E-state index in [4.69, 9.17) is 10.5 Å². The maximum absolute atomic E-state index is 12.0. The molecule has 1 aliphatic carbocycles. The lowest BCUT2D eigenvalue weighted by atomic mass is 10.0. The number of ether oxygens (including phenoxy) is 1. The van der Waals surface area contributed by atoms with Gasteiger partial charge in [-0.2, -0.15) is 0 Å². The molecule has 2 rings (SSSR count). The third-order valence-corrected chi connectivity index (χ3v) is 4.04. The van der Waals surface area contributed by atoms with Crippen LogP contribution in [0, 0.1) is 5.92 Å². The van der Waals surface area contributed by atoms with Crippen molar-refractivity contribution in [2.45, 2.75) is 45.1 Å². The third kappa shape index (κ3) is 5.09. The van der Waals surface area contributed by atoms with Crippen molar-refractivity contribution in [3.8, 4) is 0 Å². The van der Waals surface area contributed by atoms with E-state index in [1.54, 1.807) is 19.1 Å². The van der Waals surface area contributed by atoms with Crippen molar-refractivity contribution in [3.05, 3.63) is 29.8 Å². The summed E-state index contributed by atoms with van der Waals surface area (Å²) < 4.78 is 5.18. The number of carbonyl (C=O) groups excluding carboxylic acids is 3. The monoisotopic (exact) mass is 318 g/mol. The molecule has 1 atom stereocenters. The maximum Gasteiger partial charge on any atom is 0.306 e. The van der Waals surface area contributed by atoms with Gasteiger partial charge in [0.05, 0.1) is 0 Å². The van der Waals surface area contributed by atoms with Gasteiger partial charge in [-0.25, -0.2) is 0 Å². The molecular weight excluding hydrogens is 296 g/mol. The van der Waals surface area contributed by atoms with E-state index in [0.29, 0.717) is 23.6 Å². The second-order valence-electron chi connectivity index (χ2n) is 5.92. The van der Waals surface area contributed by atoms with Gasteiger partial charge in [0.15, 0.2) is 6.10 Å². The van der Waals surface area contributed by atoms with E-state index in [2.05, 4.69) is 5.32 Å². The molecule has 0 aliphatic heterocycles. The van der Waals surface area contributed by atoms with Crippen LogP contribution in [0.4, 0.5) is 5.69 Å². The summed E-state index contributed by atoms with van der Waals surface area (Å²) >= 11 is 0. The van der Waals surface area contributed by atoms with E-state index < -0.39 is 17.9 Å². The number of anilines is 1. The molecule has 0 saturated heterocycles. The zero-order valence-electron chi connectivity index (χ0n) is 13.2. The van der Waals surface area contributed by atoms with Gasteiger partial charge in [0.25, 0.3) is 5.91 Å². The number of esters is 1. The highest BCUT2D eigenvalue weighted by molar-refractivity contribution is 5.96. The summed E-state index contributed by atoms with van der Waals surface area (Å²) in [5.74, 6) is -0.878. The fourth-order valence-electron chi connectivity index (χ4n) is 2.71. The lowest BCUT2D eigenvalue weighted by molar-refractivity contribution is -0.154. The van der Waals surface area contributed by atoms with E-state index in [1.807, 2.05) is 0 Å². The predicted molar refractivity (Wildman–Crippen MR) is 85.7 cm³/mol. The number of benzene rings is 1. The van der Waals surface area contributed by atoms with Gasteiger partial charge in [0.1, 0.15) is 0 Å². The molecule has 1 saturated carbocycles. The van der Waals surface area contributed by atoms with Gasteiger partial charge in [0.2, 0.25) is 5.91 Å². The molecule has 6 heteroatoms. The molecule has 3 N–H and O–H groups in total. The van der Waals surface area contributed by atoms with E-state index in [9.17, 15) is 14.4 Å². The number of nitrogens with one attached hydrogen (secondary N) is 1. The number of nitrogens with two attached hydrogens (primary N) is 1. The van der Waals surface area contributed by atoms with Crippen LogP contribution in [0.5, 0.6) is 0 Å². The average Bonchev–Trinajstić information content (AvgIpc) is 3.00. The Bertz CT molecular complexity index is 577. The molecule has 0 heterocycles. The van der Waals surface area contributed by atoms with Gasteiger partial charge in [-0.05, 0) is 49.9 Å². The Balaban J connectivity index is 1.81. The van der Waals surface area contributed by atoms with Gasteiger partial charge < -0.3 is 15.8 Å². The van der Waals surface area contributed by atoms with Gasteiger partial charge in [0, 0.05) is 17.7 Å². The standard InChI is InChI=1S/C17H22N2O4/c1-11(23-15(20)10-12-4-2-3-5-12)17(22)19-14-8-6-13(7-9-14)16(18)21/h6-9,11-12H,2-5,10H2,1H3,(H2,18,21)(H,19,22)/t11-/m1/s1. The molecule has 0 bridgehead atoms. The zero-order valence-corrected chi connectivity index (χ0v) is 13.2. The average molecular weight is 318 g/mol. The SMILES string of the molecule is C[C@@H](OC(=O)CC1CCCC1)C(=O)Nc1ccc(C(N)=O)cc1. The smallest absolute Gasteiger partial charge is 0.306 e. The maximum atomic E-state index is 12.0. The van der Waals surface area contributed by atoms with Crippen LogP contribution in [0.2, 0.25) is 0 Å². The fourth-order valence-corrected chi connectivity index (χ4v) is 2.71. The second-order valence-corrected chi connectivity index (χ2v) is 5.92. The molecule has 0 radical (unpaired) electrons. The van der Waals surface area contributed by atoms with Crippen molar-refractivity contribution in [2.24, 2.45) is 11.7 Å². The molecule has 1 fully saturated rings. The van der Waals surface area contributed by atoms with Crippen LogP contribution in [-0.2, 0) is 14.3 Å². The first kappa shape index (κ1) is 17.0. The molecule has 1 aromatic rings. The van der Waals surface area contributed by atoms with Crippen LogP contribution in [0.25, 0.3) is 0 Å². The van der Waals surface area contributed by atoms with Crippen LogP contribution in [0.15, 0.2) is 24.3 Å². The Morgan fingerprint density at radius 3 is 2.39 bits per heavy atom. The lowest BCUT2D eigenvalue weighted by Gasteiger charge is -2.15. The van der Waals surface area contributed by atoms with Crippen molar-refractivity contribution in [3.63, 3.8) is 0 Å². The number of hydrogen-bond donors (Lipinski definition) is 2. The molecule has 23 heavy (non-hydrogen) atoms. The molecule has 1 aromatic carbocycles. The van der Waals surface area contributed by atoms with Crippen molar-refractivity contribution in [1.29, 1.82) is 0 Å². The third-order valence-electron chi connectivity index (χ3n) is 4.04. The fraction of sp³-hybridized carbons (Fsp3) is 0.471. The van der Waals surface area contributed by atoms with Crippen molar-refractivity contribution < 1.29 is 19.1 Å². The number of carbonyl (C=O) groups is 3. The van der Waals surface area contributed by atoms with Crippen LogP contribution in [0.3, 0.4) is 0 Å². The largest absolute Gasteiger partial charge is 0.453 e. The summed E-state index contributed by atoms with van der Waals surface area (Å²) in [7, 11) is 0. The van der Waals surface area contributed by atoms with Crippen LogP contribution < -0.4 is 11.1 Å². The first-order valence-electron chi connectivity index (χ1n) is 7.86. The molecule has 1 aliphatic rings. The van der Waals surface area contributed by atoms with Crippen molar-refractivity contribution >= 4 is 23.5 Å². The quantitative estimate of drug-likeness (QED) is 0.786. The van der Waals surface area contributed by atoms with Gasteiger partial charge in [-0.3, -0.25) is 14.4 Å². The van der Waals surface area contributed by atoms with E-state index in [-0.39, 0.29) is 5.97 Å². The molecule has 0 spiro atoms. The summed E-state index contributed by atoms with van der Waals surface area (Å²) in [5, 5.41) is 2.64. The van der Waals surface area contributed by atoms with Crippen LogP contribution >= 0.6 is 0 Å². The van der Waals surface area contributed by atoms with Crippen molar-refractivity contribution in [1.82, 2.24) is 0 Å². The number of hydrogen-bond acceptors (Lipinski definition) is 4. The summed E-state index contributed by atoms with van der Waals surface area (Å²) in [6.07, 6.45) is 3.96. The molecule has 124 valence electrons. The minimum absolute atomic E-state index is 0.330. The molecule has 2 amide bonds. The Kier molecular flexibility index (Phi) is 5.73. The van der Waals surface area contributed by atoms with Crippen molar-refractivity contribution in [2.75, 3.05) is 5.32 Å². The highest BCUT2D eigenvalue weighted by Gasteiger charge is 2.23. The molecule has 0 unspecified atom stereocenters. The Labute approximate surface area is 135 Å². The first-order chi connectivity index (χ1) is 11.0. The topological polar surface area (TPSA) is 98.5 Å². The highest BCUT2D eigenvalue weighted by Crippen LogP contribution is 2.27. The summed E-state index contributed by atoms with van der Waals surface area (Å²) in [6.45, 7) is 1.54. The van der Waals surface area contributed by atoms with Gasteiger partial charge in [-0.15, -0.1) is 0 Å². The summed E-state index contributed by atoms with van der Waals surface area (Å²) in [6, 6.07) is 6.19. The van der Waals surface area contributed by atoms with E-state index >= 15 is 0 Å². The highest BCUT2D eigenvalue weighted by atomic mass is 16.5. The Morgan fingerprint density at radius 2 is 1.83 bits per heavy atom. The first-order valence-corrected chi connectivity index (χ1v) is 7.86.